The Morgan fingerprint density at radius 2 is 2.41 bits per heavy atom. The molecule has 94 valence electrons. The van der Waals surface area contributed by atoms with E-state index in [2.05, 4.69) is 35.2 Å². The molecule has 0 bridgehead atoms. The fourth-order valence-corrected chi connectivity index (χ4v) is 2.88. The van der Waals surface area contributed by atoms with E-state index in [1.54, 1.807) is 0 Å². The normalized spacial score (nSPS) is 26.0. The zero-order valence-corrected chi connectivity index (χ0v) is 10.9. The first-order valence-electron chi connectivity index (χ1n) is 6.63. The summed E-state index contributed by atoms with van der Waals surface area (Å²) in [6.07, 6.45) is 6.50. The summed E-state index contributed by atoms with van der Waals surface area (Å²) in [5, 5.41) is 3.49. The fraction of sp³-hybridized carbons (Fsp3) is 0.643. The van der Waals surface area contributed by atoms with Gasteiger partial charge in [-0.25, -0.2) is 0 Å². The minimum Gasteiger partial charge on any atom is -0.317 e. The SMILES string of the molecule is CCNCC1CCCN(C)C1c1cccnc1. The van der Waals surface area contributed by atoms with Crippen molar-refractivity contribution >= 4 is 0 Å². The van der Waals surface area contributed by atoms with Gasteiger partial charge in [0.15, 0.2) is 0 Å². The molecule has 1 fully saturated rings. The highest BCUT2D eigenvalue weighted by Gasteiger charge is 2.29. The second-order valence-corrected chi connectivity index (χ2v) is 4.92. The van der Waals surface area contributed by atoms with Crippen molar-refractivity contribution in [3.63, 3.8) is 0 Å². The molecule has 3 heteroatoms. The fourth-order valence-electron chi connectivity index (χ4n) is 2.88. The summed E-state index contributed by atoms with van der Waals surface area (Å²) in [5.41, 5.74) is 1.36. The summed E-state index contributed by atoms with van der Waals surface area (Å²) in [7, 11) is 2.23. The number of hydrogen-bond donors (Lipinski definition) is 1. The van der Waals surface area contributed by atoms with Crippen LogP contribution in [0, 0.1) is 5.92 Å². The second-order valence-electron chi connectivity index (χ2n) is 4.92. The Labute approximate surface area is 104 Å². The van der Waals surface area contributed by atoms with Gasteiger partial charge in [-0.1, -0.05) is 13.0 Å². The molecule has 1 aromatic heterocycles. The molecule has 1 saturated heterocycles. The van der Waals surface area contributed by atoms with Gasteiger partial charge in [-0.2, -0.15) is 0 Å². The number of piperidine rings is 1. The van der Waals surface area contributed by atoms with E-state index < -0.39 is 0 Å². The lowest BCUT2D eigenvalue weighted by molar-refractivity contribution is 0.119. The number of rotatable bonds is 4. The Kier molecular flexibility index (Phi) is 4.51. The molecular weight excluding hydrogens is 210 g/mol. The molecule has 0 spiro atoms. The van der Waals surface area contributed by atoms with Gasteiger partial charge >= 0.3 is 0 Å². The first-order valence-corrected chi connectivity index (χ1v) is 6.63. The predicted octanol–water partition coefficient (Wildman–Crippen LogP) is 2.07. The van der Waals surface area contributed by atoms with Crippen LogP contribution in [0.5, 0.6) is 0 Å². The molecule has 1 aromatic rings. The number of nitrogens with one attached hydrogen (secondary N) is 1. The van der Waals surface area contributed by atoms with Crippen LogP contribution < -0.4 is 5.32 Å². The molecule has 1 aliphatic heterocycles. The number of aromatic nitrogens is 1. The lowest BCUT2D eigenvalue weighted by atomic mass is 9.85. The Hall–Kier alpha value is -0.930. The second kappa shape index (κ2) is 6.12. The van der Waals surface area contributed by atoms with Gasteiger partial charge in [0.2, 0.25) is 0 Å². The van der Waals surface area contributed by atoms with Crippen molar-refractivity contribution in [1.82, 2.24) is 15.2 Å². The van der Waals surface area contributed by atoms with Crippen molar-refractivity contribution in [2.45, 2.75) is 25.8 Å². The van der Waals surface area contributed by atoms with Gasteiger partial charge in [-0.15, -0.1) is 0 Å². The minimum absolute atomic E-state index is 0.525. The van der Waals surface area contributed by atoms with Crippen molar-refractivity contribution in [2.75, 3.05) is 26.7 Å². The Morgan fingerprint density at radius 1 is 1.53 bits per heavy atom. The maximum atomic E-state index is 4.26. The molecule has 2 atom stereocenters. The third-order valence-corrected chi connectivity index (χ3v) is 3.69. The van der Waals surface area contributed by atoms with Crippen LogP contribution in [0.4, 0.5) is 0 Å². The number of hydrogen-bond acceptors (Lipinski definition) is 3. The minimum atomic E-state index is 0.525. The lowest BCUT2D eigenvalue weighted by Crippen LogP contribution is -2.40. The van der Waals surface area contributed by atoms with Gasteiger partial charge in [0.1, 0.15) is 0 Å². The van der Waals surface area contributed by atoms with Crippen LogP contribution in [-0.2, 0) is 0 Å². The van der Waals surface area contributed by atoms with Gasteiger partial charge < -0.3 is 5.32 Å². The van der Waals surface area contributed by atoms with E-state index in [-0.39, 0.29) is 0 Å². The molecule has 3 nitrogen and oxygen atoms in total. The van der Waals surface area contributed by atoms with Gasteiger partial charge in [0.25, 0.3) is 0 Å². The standard InChI is InChI=1S/C14H23N3/c1-3-15-10-13-7-5-9-17(2)14(13)12-6-4-8-16-11-12/h4,6,8,11,13-15H,3,5,7,9-10H2,1-2H3. The molecule has 0 aromatic carbocycles. The maximum Gasteiger partial charge on any atom is 0.0400 e. The van der Waals surface area contributed by atoms with E-state index in [9.17, 15) is 0 Å². The number of pyridine rings is 1. The Morgan fingerprint density at radius 3 is 3.12 bits per heavy atom. The lowest BCUT2D eigenvalue weighted by Gasteiger charge is -2.39. The van der Waals surface area contributed by atoms with Gasteiger partial charge in [-0.05, 0) is 57.1 Å². The smallest absolute Gasteiger partial charge is 0.0400 e. The van der Waals surface area contributed by atoms with Crippen molar-refractivity contribution in [3.05, 3.63) is 30.1 Å². The molecular formula is C14H23N3. The average molecular weight is 233 g/mol. The summed E-state index contributed by atoms with van der Waals surface area (Å²) < 4.78 is 0. The summed E-state index contributed by atoms with van der Waals surface area (Å²) in [6, 6.07) is 4.78. The maximum absolute atomic E-state index is 4.26. The third-order valence-electron chi connectivity index (χ3n) is 3.69. The van der Waals surface area contributed by atoms with E-state index >= 15 is 0 Å². The molecule has 17 heavy (non-hydrogen) atoms. The van der Waals surface area contributed by atoms with Crippen LogP contribution in [0.2, 0.25) is 0 Å². The van der Waals surface area contributed by atoms with Crippen molar-refractivity contribution in [2.24, 2.45) is 5.92 Å². The van der Waals surface area contributed by atoms with Crippen molar-refractivity contribution in [1.29, 1.82) is 0 Å². The zero-order chi connectivity index (χ0) is 12.1. The number of likely N-dealkylation sites (tertiary alicyclic amines) is 1. The molecule has 2 rings (SSSR count). The monoisotopic (exact) mass is 233 g/mol. The predicted molar refractivity (Wildman–Crippen MR) is 70.9 cm³/mol. The van der Waals surface area contributed by atoms with Gasteiger partial charge in [-0.3, -0.25) is 9.88 Å². The molecule has 2 unspecified atom stereocenters. The molecule has 0 saturated carbocycles. The van der Waals surface area contributed by atoms with Gasteiger partial charge in [0.05, 0.1) is 0 Å². The summed E-state index contributed by atoms with van der Waals surface area (Å²) in [5.74, 6) is 0.706. The topological polar surface area (TPSA) is 28.2 Å². The van der Waals surface area contributed by atoms with Crippen LogP contribution in [0.3, 0.4) is 0 Å². The first-order chi connectivity index (χ1) is 8.33. The summed E-state index contributed by atoms with van der Waals surface area (Å²) in [6.45, 7) is 5.54. The average Bonchev–Trinajstić information content (AvgIpc) is 2.37. The van der Waals surface area contributed by atoms with Crippen LogP contribution >= 0.6 is 0 Å². The van der Waals surface area contributed by atoms with Crippen molar-refractivity contribution in [3.8, 4) is 0 Å². The Bertz CT molecular complexity index is 325. The van der Waals surface area contributed by atoms with E-state index in [1.807, 2.05) is 18.5 Å². The third kappa shape index (κ3) is 3.05. The zero-order valence-electron chi connectivity index (χ0n) is 10.9. The molecule has 1 aliphatic rings. The highest BCUT2D eigenvalue weighted by atomic mass is 15.1. The van der Waals surface area contributed by atoms with Crippen molar-refractivity contribution < 1.29 is 0 Å². The quantitative estimate of drug-likeness (QED) is 0.863. The highest BCUT2D eigenvalue weighted by Crippen LogP contribution is 2.34. The summed E-state index contributed by atoms with van der Waals surface area (Å²) >= 11 is 0. The largest absolute Gasteiger partial charge is 0.317 e. The molecule has 1 N–H and O–H groups in total. The van der Waals surface area contributed by atoms with E-state index in [4.69, 9.17) is 0 Å². The molecule has 0 radical (unpaired) electrons. The van der Waals surface area contributed by atoms with Crippen LogP contribution in [-0.4, -0.2) is 36.6 Å². The first kappa shape index (κ1) is 12.5. The van der Waals surface area contributed by atoms with E-state index in [0.717, 1.165) is 13.1 Å². The van der Waals surface area contributed by atoms with E-state index in [1.165, 1.54) is 24.9 Å². The molecule has 0 aliphatic carbocycles. The van der Waals surface area contributed by atoms with E-state index in [0.29, 0.717) is 12.0 Å². The molecule has 2 heterocycles. The highest BCUT2D eigenvalue weighted by molar-refractivity contribution is 5.16. The van der Waals surface area contributed by atoms with Gasteiger partial charge in [0, 0.05) is 18.4 Å². The summed E-state index contributed by atoms with van der Waals surface area (Å²) in [4.78, 5) is 6.74. The van der Waals surface area contributed by atoms with Crippen LogP contribution in [0.25, 0.3) is 0 Å². The molecule has 0 amide bonds. The number of nitrogens with zero attached hydrogens (tertiary/aromatic N) is 2. The Balaban J connectivity index is 2.13. The van der Waals surface area contributed by atoms with Crippen LogP contribution in [0.1, 0.15) is 31.4 Å². The van der Waals surface area contributed by atoms with Crippen LogP contribution in [0.15, 0.2) is 24.5 Å².